The highest BCUT2D eigenvalue weighted by atomic mass is 16.1. The van der Waals surface area contributed by atoms with Gasteiger partial charge in [-0.15, -0.1) is 0 Å². The second kappa shape index (κ2) is 7.52. The Balaban J connectivity index is 1.64. The zero-order chi connectivity index (χ0) is 16.9. The van der Waals surface area contributed by atoms with Gasteiger partial charge in [-0.1, -0.05) is 36.4 Å². The molecule has 0 radical (unpaired) electrons. The van der Waals surface area contributed by atoms with Gasteiger partial charge in [0, 0.05) is 18.3 Å². The number of anilines is 1. The summed E-state index contributed by atoms with van der Waals surface area (Å²) in [5.41, 5.74) is 4.75. The van der Waals surface area contributed by atoms with E-state index in [4.69, 9.17) is 0 Å². The summed E-state index contributed by atoms with van der Waals surface area (Å²) in [7, 11) is 0. The molecule has 3 rings (SSSR count). The maximum absolute atomic E-state index is 12.7. The molecule has 0 saturated carbocycles. The maximum Gasteiger partial charge on any atom is 0.227 e. The van der Waals surface area contributed by atoms with Gasteiger partial charge >= 0.3 is 0 Å². The number of hydrogen-bond acceptors (Lipinski definition) is 2. The Labute approximate surface area is 144 Å². The zero-order valence-electron chi connectivity index (χ0n) is 14.5. The van der Waals surface area contributed by atoms with Gasteiger partial charge in [-0.3, -0.25) is 4.79 Å². The fraction of sp³-hybridized carbons (Fsp3) is 0.381. The van der Waals surface area contributed by atoms with Gasteiger partial charge in [0.1, 0.15) is 0 Å². The van der Waals surface area contributed by atoms with E-state index in [1.807, 2.05) is 12.1 Å². The van der Waals surface area contributed by atoms with Crippen molar-refractivity contribution in [1.29, 1.82) is 0 Å². The quantitative estimate of drug-likeness (QED) is 0.864. The predicted octanol–water partition coefficient (Wildman–Crippen LogP) is 4.24. The van der Waals surface area contributed by atoms with Crippen LogP contribution in [0.5, 0.6) is 0 Å². The highest BCUT2D eigenvalue weighted by molar-refractivity contribution is 5.84. The van der Waals surface area contributed by atoms with Crippen LogP contribution in [0.1, 0.15) is 49.3 Å². The van der Waals surface area contributed by atoms with Crippen LogP contribution in [0.15, 0.2) is 48.5 Å². The molecule has 2 aromatic carbocycles. The molecule has 1 aliphatic carbocycles. The molecule has 24 heavy (non-hydrogen) atoms. The van der Waals surface area contributed by atoms with Gasteiger partial charge in [-0.2, -0.15) is 0 Å². The predicted molar refractivity (Wildman–Crippen MR) is 99.2 cm³/mol. The van der Waals surface area contributed by atoms with Gasteiger partial charge in [-0.25, -0.2) is 0 Å². The second-order valence-electron chi connectivity index (χ2n) is 6.86. The van der Waals surface area contributed by atoms with E-state index in [0.717, 1.165) is 30.5 Å². The van der Waals surface area contributed by atoms with Crippen molar-refractivity contribution in [2.24, 2.45) is 0 Å². The number of amides is 1. The number of hydrogen-bond donors (Lipinski definition) is 2. The highest BCUT2D eigenvalue weighted by Gasteiger charge is 2.25. The number of benzene rings is 2. The van der Waals surface area contributed by atoms with E-state index in [2.05, 4.69) is 60.9 Å². The summed E-state index contributed by atoms with van der Waals surface area (Å²) in [6.07, 6.45) is 3.11. The average molecular weight is 322 g/mol. The van der Waals surface area contributed by atoms with Crippen LogP contribution < -0.4 is 10.6 Å². The number of rotatable bonds is 5. The van der Waals surface area contributed by atoms with Crippen molar-refractivity contribution in [1.82, 2.24) is 5.32 Å². The van der Waals surface area contributed by atoms with Crippen molar-refractivity contribution in [3.8, 4) is 0 Å². The van der Waals surface area contributed by atoms with Crippen LogP contribution in [-0.4, -0.2) is 11.9 Å². The Morgan fingerprint density at radius 3 is 2.83 bits per heavy atom. The van der Waals surface area contributed by atoms with E-state index in [1.165, 1.54) is 11.1 Å². The zero-order valence-corrected chi connectivity index (χ0v) is 14.5. The summed E-state index contributed by atoms with van der Waals surface area (Å²) in [6.45, 7) is 4.81. The van der Waals surface area contributed by atoms with Crippen LogP contribution in [0.3, 0.4) is 0 Å². The average Bonchev–Trinajstić information content (AvgIpc) is 2.59. The molecule has 0 saturated heterocycles. The van der Waals surface area contributed by atoms with Crippen molar-refractivity contribution in [2.75, 3.05) is 5.32 Å². The molecule has 1 aliphatic rings. The third-order valence-electron chi connectivity index (χ3n) is 4.53. The van der Waals surface area contributed by atoms with Crippen LogP contribution >= 0.6 is 0 Å². The molecule has 0 bridgehead atoms. The van der Waals surface area contributed by atoms with Crippen molar-refractivity contribution < 1.29 is 4.79 Å². The van der Waals surface area contributed by atoms with Crippen molar-refractivity contribution in [3.05, 3.63) is 65.2 Å². The first-order valence-electron chi connectivity index (χ1n) is 8.84. The topological polar surface area (TPSA) is 41.1 Å². The largest absolute Gasteiger partial charge is 0.383 e. The van der Waals surface area contributed by atoms with Gasteiger partial charge in [0.2, 0.25) is 5.91 Å². The van der Waals surface area contributed by atoms with Crippen molar-refractivity contribution >= 4 is 11.6 Å². The van der Waals surface area contributed by atoms with E-state index < -0.39 is 0 Å². The van der Waals surface area contributed by atoms with Crippen LogP contribution in [0.2, 0.25) is 0 Å². The molecule has 0 fully saturated rings. The summed E-state index contributed by atoms with van der Waals surface area (Å²) < 4.78 is 0. The molecule has 1 atom stereocenters. The van der Waals surface area contributed by atoms with E-state index in [1.54, 1.807) is 0 Å². The SMILES string of the molecule is CC(C)Nc1cccc(CNC(=O)[C@@H]2CCCc3ccccc32)c1. The number of aryl methyl sites for hydroxylation is 1. The Bertz CT molecular complexity index is 708. The smallest absolute Gasteiger partial charge is 0.227 e. The molecule has 0 spiro atoms. The van der Waals surface area contributed by atoms with Crippen LogP contribution in [0.25, 0.3) is 0 Å². The van der Waals surface area contributed by atoms with Gasteiger partial charge in [0.25, 0.3) is 0 Å². The summed E-state index contributed by atoms with van der Waals surface area (Å²) >= 11 is 0. The third kappa shape index (κ3) is 3.97. The normalized spacial score (nSPS) is 16.5. The van der Waals surface area contributed by atoms with Gasteiger partial charge < -0.3 is 10.6 Å². The molecule has 1 amide bonds. The molecule has 2 N–H and O–H groups in total. The minimum Gasteiger partial charge on any atom is -0.383 e. The second-order valence-corrected chi connectivity index (χ2v) is 6.86. The van der Waals surface area contributed by atoms with E-state index in [0.29, 0.717) is 12.6 Å². The molecule has 3 nitrogen and oxygen atoms in total. The summed E-state index contributed by atoms with van der Waals surface area (Å²) in [5.74, 6) is 0.135. The third-order valence-corrected chi connectivity index (χ3v) is 4.53. The summed E-state index contributed by atoms with van der Waals surface area (Å²) in [4.78, 5) is 12.7. The van der Waals surface area contributed by atoms with Crippen molar-refractivity contribution in [2.45, 2.75) is 51.6 Å². The first-order valence-corrected chi connectivity index (χ1v) is 8.84. The molecular formula is C21H26N2O. The number of carbonyl (C=O) groups excluding carboxylic acids is 1. The molecule has 0 unspecified atom stereocenters. The molecule has 0 heterocycles. The van der Waals surface area contributed by atoms with Crippen LogP contribution in [0, 0.1) is 0 Å². The van der Waals surface area contributed by atoms with Crippen LogP contribution in [-0.2, 0) is 17.8 Å². The van der Waals surface area contributed by atoms with Gasteiger partial charge in [-0.05, 0) is 61.9 Å². The first kappa shape index (κ1) is 16.6. The minimum absolute atomic E-state index is 0.00748. The Kier molecular flexibility index (Phi) is 5.19. The summed E-state index contributed by atoms with van der Waals surface area (Å²) in [5, 5.41) is 6.52. The van der Waals surface area contributed by atoms with E-state index in [9.17, 15) is 4.79 Å². The lowest BCUT2D eigenvalue weighted by Crippen LogP contribution is -2.31. The first-order chi connectivity index (χ1) is 11.6. The van der Waals surface area contributed by atoms with E-state index >= 15 is 0 Å². The molecule has 0 aliphatic heterocycles. The van der Waals surface area contributed by atoms with E-state index in [-0.39, 0.29) is 11.8 Å². The molecule has 2 aromatic rings. The molecule has 0 aromatic heterocycles. The lowest BCUT2D eigenvalue weighted by atomic mass is 9.82. The minimum atomic E-state index is -0.00748. The Morgan fingerprint density at radius 1 is 1.17 bits per heavy atom. The molecule has 126 valence electrons. The number of fused-ring (bicyclic) bond motifs is 1. The number of carbonyl (C=O) groups is 1. The molecular weight excluding hydrogens is 296 g/mol. The monoisotopic (exact) mass is 322 g/mol. The Morgan fingerprint density at radius 2 is 2.00 bits per heavy atom. The maximum atomic E-state index is 12.7. The fourth-order valence-electron chi connectivity index (χ4n) is 3.44. The molecule has 3 heteroatoms. The fourth-order valence-corrected chi connectivity index (χ4v) is 3.44. The van der Waals surface area contributed by atoms with Gasteiger partial charge in [0.15, 0.2) is 0 Å². The van der Waals surface area contributed by atoms with Crippen LogP contribution in [0.4, 0.5) is 5.69 Å². The lowest BCUT2D eigenvalue weighted by Gasteiger charge is -2.24. The highest BCUT2D eigenvalue weighted by Crippen LogP contribution is 2.31. The van der Waals surface area contributed by atoms with Gasteiger partial charge in [0.05, 0.1) is 5.92 Å². The standard InChI is InChI=1S/C21H26N2O/c1-15(2)23-18-10-5-7-16(13-18)14-22-21(24)20-12-6-9-17-8-3-4-11-19(17)20/h3-5,7-8,10-11,13,15,20,23H,6,9,12,14H2,1-2H3,(H,22,24)/t20-/m1/s1. The Hall–Kier alpha value is -2.29. The lowest BCUT2D eigenvalue weighted by molar-refractivity contribution is -0.123. The number of nitrogens with one attached hydrogen (secondary N) is 2. The van der Waals surface area contributed by atoms with Crippen molar-refractivity contribution in [3.63, 3.8) is 0 Å². The summed E-state index contributed by atoms with van der Waals surface area (Å²) in [6, 6.07) is 17.0.